The minimum atomic E-state index is -0.316. The van der Waals surface area contributed by atoms with E-state index < -0.39 is 0 Å². The third-order valence-electron chi connectivity index (χ3n) is 15.8. The van der Waals surface area contributed by atoms with Crippen LogP contribution in [-0.2, 0) is 88.8 Å². The van der Waals surface area contributed by atoms with Crippen molar-refractivity contribution in [2.75, 3.05) is 0 Å². The maximum absolute atomic E-state index is 13.9. The molecule has 0 unspecified atom stereocenters. The van der Waals surface area contributed by atoms with Gasteiger partial charge in [0.15, 0.2) is 0 Å². The molecule has 0 aliphatic heterocycles. The first kappa shape index (κ1) is 93.2. The summed E-state index contributed by atoms with van der Waals surface area (Å²) >= 11 is 24.3. The van der Waals surface area contributed by atoms with Crippen molar-refractivity contribution >= 4 is 66.5 Å². The third kappa shape index (κ3) is 30.9. The van der Waals surface area contributed by atoms with Crippen LogP contribution in [0.3, 0.4) is 0 Å². The molecule has 0 aliphatic carbocycles. The zero-order valence-electron chi connectivity index (χ0n) is 61.7. The Morgan fingerprint density at radius 2 is 0.432 bits per heavy atom. The van der Waals surface area contributed by atoms with Crippen molar-refractivity contribution in [3.63, 3.8) is 0 Å². The number of hydrogen-bond acceptors (Lipinski definition) is 10. The summed E-state index contributed by atoms with van der Waals surface area (Å²) in [5.74, 6) is -0.316. The van der Waals surface area contributed by atoms with Crippen LogP contribution in [-0.4, -0.2) is 49.8 Å². The Balaban J connectivity index is 0.000000210. The molecule has 0 radical (unpaired) electrons. The molecule has 0 fully saturated rings. The monoisotopic (exact) mass is 2680 g/mol. The summed E-state index contributed by atoms with van der Waals surface area (Å²) in [6, 6.07) is 88.1. The van der Waals surface area contributed by atoms with E-state index in [0.29, 0.717) is 22.5 Å². The maximum atomic E-state index is 13.9. The molecule has 10 aromatic heterocycles. The second-order valence-electron chi connectivity index (χ2n) is 24.6. The van der Waals surface area contributed by atoms with Crippen LogP contribution in [0.5, 0.6) is 0 Å². The molecule has 10 nitrogen and oxygen atoms in total. The number of aromatic nitrogens is 10. The Hall–Kier alpha value is -6.63. The fraction of sp³-hybridized carbons (Fsp3) is 0.111. The van der Waals surface area contributed by atoms with Crippen LogP contribution in [0.1, 0.15) is 55.9 Å². The van der Waals surface area contributed by atoms with Crippen LogP contribution < -0.4 is 0 Å². The molecule has 0 bridgehead atoms. The molecule has 0 amide bonds. The van der Waals surface area contributed by atoms with E-state index in [1.807, 2.05) is 346 Å². The fourth-order valence-electron chi connectivity index (χ4n) is 10.4. The molecule has 0 N–H and O–H groups in total. The Kier molecular flexibility index (Phi) is 43.1. The van der Waals surface area contributed by atoms with Gasteiger partial charge in [-0.1, -0.05) is 196 Å². The van der Waals surface area contributed by atoms with Gasteiger partial charge in [0.1, 0.15) is 0 Å². The zero-order valence-corrected chi connectivity index (χ0v) is 81.0. The van der Waals surface area contributed by atoms with Gasteiger partial charge in [0.25, 0.3) is 0 Å². The van der Waals surface area contributed by atoms with Gasteiger partial charge in [-0.15, -0.1) is 103 Å². The summed E-state index contributed by atoms with van der Waals surface area (Å²) in [5, 5.41) is 0. The molecule has 15 aromatic rings. The van der Waals surface area contributed by atoms with Crippen molar-refractivity contribution in [2.45, 2.75) is 69.2 Å². The standard InChI is InChI=1S/C19H17N2.C18H14FN2.2C18H15N2.C17H13N2.5BrH.5Pt/c1-13-4-6-18(20-11-13)16-8-15(3)9-17(10-16)19-7-5-14(2)12-21-19;1-12-3-5-17(20-10-12)14-7-15(9-16(19)8-14)18-6-4-13(2)11-21-18;1-13-6-3-10-17(19-13)15-8-5-9-16(12-15)18-11-4-7-14(2)20-18;1-13-6-8-17(19-11-13)15-4-3-5-16(10-15)18-9-7-14(2)12-20-18;1-13-8-9-17(19-12-13)15-6-4-5-14(11-15)16-7-2-3-10-18-16;;;;;;;;;;/h4-9,11-12H,1-3H3;3-6,8-11H,1-2H3;3-11H,1-2H3;3-9,11-12H,1-2H3;2-10,12H,1H3;5*1H;;;;;/q5*-1;;;;;;5*+2/p-5. The van der Waals surface area contributed by atoms with Crippen molar-refractivity contribution in [2.24, 2.45) is 0 Å². The first-order chi connectivity index (χ1) is 54.0. The van der Waals surface area contributed by atoms with Crippen LogP contribution in [0.15, 0.2) is 268 Å². The fourth-order valence-corrected chi connectivity index (χ4v) is 10.4. The van der Waals surface area contributed by atoms with E-state index in [4.69, 9.17) is 0 Å². The average Bonchev–Trinajstić information content (AvgIpc) is 0.843. The third-order valence-corrected chi connectivity index (χ3v) is 15.8. The van der Waals surface area contributed by atoms with E-state index in [1.54, 1.807) is 18.6 Å². The topological polar surface area (TPSA) is 129 Å². The molecule has 5 aromatic carbocycles. The number of aryl methyl sites for hydroxylation is 10. The van der Waals surface area contributed by atoms with Gasteiger partial charge in [0.2, 0.25) is 0 Å². The summed E-state index contributed by atoms with van der Waals surface area (Å²) in [6.45, 7) is 20.2. The molecule has 0 atom stereocenters. The van der Waals surface area contributed by atoms with Gasteiger partial charge in [-0.05, 0) is 119 Å². The van der Waals surface area contributed by atoms with Gasteiger partial charge < -0.3 is 0 Å². The normalized spacial score (nSPS) is 9.89. The molecule has 21 heteroatoms. The van der Waals surface area contributed by atoms with E-state index in [0.717, 1.165) is 140 Å². The summed E-state index contributed by atoms with van der Waals surface area (Å²) in [7, 11) is 0. The van der Waals surface area contributed by atoms with Crippen LogP contribution in [0.25, 0.3) is 113 Å². The number of pyridine rings is 10. The van der Waals surface area contributed by atoms with Crippen molar-refractivity contribution in [1.29, 1.82) is 0 Å². The van der Waals surface area contributed by atoms with Gasteiger partial charge in [-0.25, -0.2) is 4.39 Å². The molecule has 576 valence electrons. The molecule has 10 heterocycles. The molecule has 0 spiro atoms. The van der Waals surface area contributed by atoms with Crippen molar-refractivity contribution in [1.82, 2.24) is 49.8 Å². The predicted octanol–water partition coefficient (Wildman–Crippen LogP) is 25.5. The molecule has 0 saturated carbocycles. The van der Waals surface area contributed by atoms with E-state index in [9.17, 15) is 4.39 Å². The van der Waals surface area contributed by atoms with Gasteiger partial charge in [0, 0.05) is 118 Å². The van der Waals surface area contributed by atoms with E-state index in [-0.39, 0.29) is 5.82 Å². The molecule has 111 heavy (non-hydrogen) atoms. The molecular weight excluding hydrogens is 2610 g/mol. The molecular formula is C90H74Br5FN10Pt5. The van der Waals surface area contributed by atoms with E-state index in [2.05, 4.69) is 196 Å². The number of halogens is 6. The Labute approximate surface area is 742 Å². The van der Waals surface area contributed by atoms with Crippen molar-refractivity contribution < 1.29 is 93.2 Å². The Morgan fingerprint density at radius 3 is 0.667 bits per heavy atom. The van der Waals surface area contributed by atoms with Crippen molar-refractivity contribution in [3.8, 4) is 113 Å². The first-order valence-electron chi connectivity index (χ1n) is 33.7. The van der Waals surface area contributed by atoms with Crippen LogP contribution in [0.2, 0.25) is 0 Å². The van der Waals surface area contributed by atoms with Gasteiger partial charge >= 0.3 is 155 Å². The van der Waals surface area contributed by atoms with Crippen LogP contribution >= 0.6 is 66.5 Å². The second kappa shape index (κ2) is 51.3. The summed E-state index contributed by atoms with van der Waals surface area (Å²) in [4.78, 5) is 44.4. The molecule has 0 aliphatic rings. The minimum absolute atomic E-state index is 0.316. The number of rotatable bonds is 10. The number of nitrogens with zero attached hydrogens (tertiary/aromatic N) is 10. The predicted molar refractivity (Wildman–Crippen MR) is 451 cm³/mol. The average molecular weight is 2690 g/mol. The summed E-state index contributed by atoms with van der Waals surface area (Å²) in [5.41, 5.74) is 29.3. The summed E-state index contributed by atoms with van der Waals surface area (Å²) in [6.07, 6.45) is 14.7. The second-order valence-corrected chi connectivity index (χ2v) is 24.6. The van der Waals surface area contributed by atoms with Crippen molar-refractivity contribution in [3.05, 3.63) is 360 Å². The quantitative estimate of drug-likeness (QED) is 0.122. The van der Waals surface area contributed by atoms with E-state index in [1.165, 1.54) is 17.7 Å². The Morgan fingerprint density at radius 1 is 0.216 bits per heavy atom. The van der Waals surface area contributed by atoms with Gasteiger partial charge in [-0.3, -0.25) is 49.8 Å². The van der Waals surface area contributed by atoms with Gasteiger partial charge in [-0.2, -0.15) is 0 Å². The van der Waals surface area contributed by atoms with Crippen LogP contribution in [0.4, 0.5) is 4.39 Å². The molecule has 0 saturated heterocycles. The number of benzene rings is 5. The van der Waals surface area contributed by atoms with Gasteiger partial charge in [0.05, 0.1) is 5.82 Å². The van der Waals surface area contributed by atoms with Crippen LogP contribution in [0, 0.1) is 105 Å². The Bertz CT molecular complexity index is 4860. The first-order valence-corrected chi connectivity index (χ1v) is 58.6. The zero-order chi connectivity index (χ0) is 80.6. The molecule has 15 rings (SSSR count). The SMILES string of the molecule is Cc1ccc(-c2[c-]c(-c3ccc(C)cn3)cc(C)c2)nc1.Cc1ccc(-c2[c-]c(-c3ccc(C)cn3)cc(F)c2)nc1.Cc1ccc(-c2[c-]c(-c3ccc(C)cn3)ccc2)nc1.Cc1ccc(-c2[c-]c(-c3ccccn3)ccc2)nc1.Cc1cccc(-c2[c-]c(-c3cccc(C)n3)ccc2)n1.[Br][Pt+].[Br][Pt+].[Br][Pt+].[Br][Pt+].[Br][Pt+]. The summed E-state index contributed by atoms with van der Waals surface area (Å²) < 4.78 is 13.9. The number of hydrogen-bond donors (Lipinski definition) is 0. The van der Waals surface area contributed by atoms with E-state index >= 15 is 0 Å².